The Morgan fingerprint density at radius 2 is 2.20 bits per heavy atom. The van der Waals surface area contributed by atoms with Gasteiger partial charge in [0.1, 0.15) is 12.9 Å². The SMILES string of the molecule is CC1CCN(C(=O)Cn2cnc(N)n2)C2CCCCC12. The van der Waals surface area contributed by atoms with Crippen LogP contribution in [-0.2, 0) is 11.3 Å². The van der Waals surface area contributed by atoms with E-state index in [1.165, 1.54) is 30.3 Å². The summed E-state index contributed by atoms with van der Waals surface area (Å²) in [6, 6.07) is 0.431. The van der Waals surface area contributed by atoms with E-state index in [9.17, 15) is 4.79 Å². The number of hydrogen-bond donors (Lipinski definition) is 1. The predicted octanol–water partition coefficient (Wildman–Crippen LogP) is 1.29. The second-order valence-electron chi connectivity index (χ2n) is 6.17. The van der Waals surface area contributed by atoms with Crippen molar-refractivity contribution in [3.8, 4) is 0 Å². The Bertz CT molecular complexity index is 486. The van der Waals surface area contributed by atoms with Gasteiger partial charge < -0.3 is 10.6 Å². The van der Waals surface area contributed by atoms with Crippen LogP contribution in [0.4, 0.5) is 5.95 Å². The molecule has 6 nitrogen and oxygen atoms in total. The number of nitrogens with two attached hydrogens (primary N) is 1. The van der Waals surface area contributed by atoms with E-state index in [0.717, 1.165) is 25.3 Å². The fraction of sp³-hybridized carbons (Fsp3) is 0.786. The van der Waals surface area contributed by atoms with Gasteiger partial charge in [0.25, 0.3) is 0 Å². The molecule has 3 rings (SSSR count). The third kappa shape index (κ3) is 2.51. The number of likely N-dealkylation sites (tertiary alicyclic amines) is 1. The molecule has 1 aliphatic carbocycles. The van der Waals surface area contributed by atoms with Crippen LogP contribution in [0.3, 0.4) is 0 Å². The second kappa shape index (κ2) is 5.42. The molecule has 2 fully saturated rings. The van der Waals surface area contributed by atoms with Crippen LogP contribution in [0.25, 0.3) is 0 Å². The highest BCUT2D eigenvalue weighted by Gasteiger charge is 2.39. The van der Waals surface area contributed by atoms with Crippen molar-refractivity contribution in [1.82, 2.24) is 19.7 Å². The number of nitrogen functional groups attached to an aromatic ring is 1. The number of aromatic nitrogens is 3. The molecule has 2 heterocycles. The zero-order valence-electron chi connectivity index (χ0n) is 12.0. The van der Waals surface area contributed by atoms with E-state index in [4.69, 9.17) is 5.73 Å². The summed E-state index contributed by atoms with van der Waals surface area (Å²) in [5, 5.41) is 4.00. The van der Waals surface area contributed by atoms with Crippen molar-refractivity contribution in [2.45, 2.75) is 51.6 Å². The molecule has 1 aromatic heterocycles. The van der Waals surface area contributed by atoms with E-state index in [1.54, 1.807) is 0 Å². The molecule has 0 bridgehead atoms. The summed E-state index contributed by atoms with van der Waals surface area (Å²) in [7, 11) is 0. The van der Waals surface area contributed by atoms with Gasteiger partial charge in [-0.2, -0.15) is 0 Å². The topological polar surface area (TPSA) is 77.0 Å². The highest BCUT2D eigenvalue weighted by Crippen LogP contribution is 2.38. The smallest absolute Gasteiger partial charge is 0.244 e. The molecule has 1 amide bonds. The molecule has 1 saturated heterocycles. The molecule has 0 radical (unpaired) electrons. The number of carbonyl (C=O) groups excluding carboxylic acids is 1. The quantitative estimate of drug-likeness (QED) is 0.883. The summed E-state index contributed by atoms with van der Waals surface area (Å²) >= 11 is 0. The van der Waals surface area contributed by atoms with Gasteiger partial charge in [0.2, 0.25) is 11.9 Å². The van der Waals surface area contributed by atoms with Crippen molar-refractivity contribution >= 4 is 11.9 Å². The number of carbonyl (C=O) groups is 1. The minimum atomic E-state index is 0.152. The van der Waals surface area contributed by atoms with Crippen molar-refractivity contribution in [2.24, 2.45) is 11.8 Å². The van der Waals surface area contributed by atoms with E-state index < -0.39 is 0 Å². The fourth-order valence-electron chi connectivity index (χ4n) is 3.84. The lowest BCUT2D eigenvalue weighted by atomic mass is 9.72. The van der Waals surface area contributed by atoms with E-state index >= 15 is 0 Å². The molecular formula is C14H23N5O. The third-order valence-corrected chi connectivity index (χ3v) is 4.91. The van der Waals surface area contributed by atoms with Gasteiger partial charge in [0, 0.05) is 12.6 Å². The van der Waals surface area contributed by atoms with Gasteiger partial charge in [0.05, 0.1) is 0 Å². The van der Waals surface area contributed by atoms with Crippen LogP contribution < -0.4 is 5.73 Å². The zero-order chi connectivity index (χ0) is 14.1. The number of rotatable bonds is 2. The maximum Gasteiger partial charge on any atom is 0.244 e. The van der Waals surface area contributed by atoms with Crippen LogP contribution in [0.2, 0.25) is 0 Å². The average Bonchev–Trinajstić information content (AvgIpc) is 2.84. The lowest BCUT2D eigenvalue weighted by molar-refractivity contribution is -0.139. The monoisotopic (exact) mass is 277 g/mol. The average molecular weight is 277 g/mol. The van der Waals surface area contributed by atoms with Crippen molar-refractivity contribution in [1.29, 1.82) is 0 Å². The second-order valence-corrected chi connectivity index (χ2v) is 6.17. The summed E-state index contributed by atoms with van der Waals surface area (Å²) in [4.78, 5) is 18.5. The molecule has 3 atom stereocenters. The van der Waals surface area contributed by atoms with E-state index in [1.807, 2.05) is 0 Å². The number of nitrogens with zero attached hydrogens (tertiary/aromatic N) is 4. The lowest BCUT2D eigenvalue weighted by Crippen LogP contribution is -2.53. The van der Waals surface area contributed by atoms with Gasteiger partial charge >= 0.3 is 0 Å². The van der Waals surface area contributed by atoms with Gasteiger partial charge in [-0.15, -0.1) is 5.10 Å². The standard InChI is InChI=1S/C14H23N5O/c1-10-6-7-19(12-5-3-2-4-11(10)12)13(20)8-18-9-16-14(15)17-18/h9-12H,2-8H2,1H3,(H2,15,17). The molecule has 6 heteroatoms. The number of anilines is 1. The summed E-state index contributed by atoms with van der Waals surface area (Å²) in [5.41, 5.74) is 5.49. The summed E-state index contributed by atoms with van der Waals surface area (Å²) in [6.45, 7) is 3.47. The Labute approximate surface area is 119 Å². The molecule has 2 aliphatic rings. The predicted molar refractivity (Wildman–Crippen MR) is 75.7 cm³/mol. The summed E-state index contributed by atoms with van der Waals surface area (Å²) < 4.78 is 1.54. The van der Waals surface area contributed by atoms with Crippen molar-refractivity contribution in [3.05, 3.63) is 6.33 Å². The van der Waals surface area contributed by atoms with Gasteiger partial charge in [-0.05, 0) is 31.1 Å². The van der Waals surface area contributed by atoms with Gasteiger partial charge in [-0.3, -0.25) is 4.79 Å². The Hall–Kier alpha value is -1.59. The maximum absolute atomic E-state index is 12.5. The van der Waals surface area contributed by atoms with Crippen LogP contribution >= 0.6 is 0 Å². The largest absolute Gasteiger partial charge is 0.367 e. The first-order valence-corrected chi connectivity index (χ1v) is 7.59. The maximum atomic E-state index is 12.5. The summed E-state index contributed by atoms with van der Waals surface area (Å²) in [5.74, 6) is 1.80. The number of amides is 1. The van der Waals surface area contributed by atoms with Crippen molar-refractivity contribution < 1.29 is 4.79 Å². The number of hydrogen-bond acceptors (Lipinski definition) is 4. The third-order valence-electron chi connectivity index (χ3n) is 4.91. The lowest BCUT2D eigenvalue weighted by Gasteiger charge is -2.47. The van der Waals surface area contributed by atoms with Gasteiger partial charge in [0.15, 0.2) is 0 Å². The first-order valence-electron chi connectivity index (χ1n) is 7.59. The molecular weight excluding hydrogens is 254 g/mol. The van der Waals surface area contributed by atoms with E-state index in [0.29, 0.717) is 12.0 Å². The molecule has 1 aliphatic heterocycles. The van der Waals surface area contributed by atoms with Crippen LogP contribution in [-0.4, -0.2) is 38.2 Å². The molecule has 110 valence electrons. The molecule has 20 heavy (non-hydrogen) atoms. The number of piperidine rings is 1. The molecule has 0 aromatic carbocycles. The summed E-state index contributed by atoms with van der Waals surface area (Å²) in [6.07, 6.45) is 7.62. The van der Waals surface area contributed by atoms with Crippen LogP contribution in [0, 0.1) is 11.8 Å². The Morgan fingerprint density at radius 3 is 2.95 bits per heavy atom. The van der Waals surface area contributed by atoms with Crippen molar-refractivity contribution in [2.75, 3.05) is 12.3 Å². The Morgan fingerprint density at radius 1 is 1.40 bits per heavy atom. The Kier molecular flexibility index (Phi) is 3.63. The van der Waals surface area contributed by atoms with Crippen LogP contribution in [0.5, 0.6) is 0 Å². The molecule has 0 spiro atoms. The van der Waals surface area contributed by atoms with Gasteiger partial charge in [-0.1, -0.05) is 19.8 Å². The molecule has 1 saturated carbocycles. The van der Waals surface area contributed by atoms with Gasteiger partial charge in [-0.25, -0.2) is 9.67 Å². The Balaban J connectivity index is 1.70. The fourth-order valence-corrected chi connectivity index (χ4v) is 3.84. The highest BCUT2D eigenvalue weighted by atomic mass is 16.2. The normalized spacial score (nSPS) is 30.1. The van der Waals surface area contributed by atoms with Crippen molar-refractivity contribution in [3.63, 3.8) is 0 Å². The van der Waals surface area contributed by atoms with E-state index in [2.05, 4.69) is 21.9 Å². The van der Waals surface area contributed by atoms with Crippen LogP contribution in [0.1, 0.15) is 39.0 Å². The molecule has 2 N–H and O–H groups in total. The first kappa shape index (κ1) is 13.4. The number of fused-ring (bicyclic) bond motifs is 1. The molecule has 3 unspecified atom stereocenters. The van der Waals surface area contributed by atoms with Crippen LogP contribution in [0.15, 0.2) is 6.33 Å². The van der Waals surface area contributed by atoms with E-state index in [-0.39, 0.29) is 18.4 Å². The minimum Gasteiger partial charge on any atom is -0.367 e. The zero-order valence-corrected chi connectivity index (χ0v) is 12.0. The highest BCUT2D eigenvalue weighted by molar-refractivity contribution is 5.76. The minimum absolute atomic E-state index is 0.152. The molecule has 1 aromatic rings. The first-order chi connectivity index (χ1) is 9.65.